The van der Waals surface area contributed by atoms with Crippen molar-refractivity contribution in [3.05, 3.63) is 24.3 Å². The van der Waals surface area contributed by atoms with Crippen LogP contribution in [0, 0.1) is 5.82 Å². The topological polar surface area (TPSA) is 42.0 Å². The van der Waals surface area contributed by atoms with Gasteiger partial charge in [0.2, 0.25) is 5.91 Å². The van der Waals surface area contributed by atoms with Gasteiger partial charge in [-0.05, 0) is 13.2 Å². The summed E-state index contributed by atoms with van der Waals surface area (Å²) in [6, 6.07) is 1.23. The molecular formula is C9H11FN2OS. The Morgan fingerprint density at radius 1 is 1.64 bits per heavy atom. The first-order chi connectivity index (χ1) is 6.63. The van der Waals surface area contributed by atoms with Gasteiger partial charge < -0.3 is 5.32 Å². The summed E-state index contributed by atoms with van der Waals surface area (Å²) in [5.41, 5.74) is 0.385. The lowest BCUT2D eigenvalue weighted by Crippen LogP contribution is -2.22. The number of carbonyl (C=O) groups excluding carboxylic acids is 1. The number of anilines is 1. The summed E-state index contributed by atoms with van der Waals surface area (Å²) in [6.45, 7) is 1.78. The quantitative estimate of drug-likeness (QED) is 0.835. The van der Waals surface area contributed by atoms with E-state index in [9.17, 15) is 9.18 Å². The molecule has 3 nitrogen and oxygen atoms in total. The standard InChI is InChI=1S/C9H11FN2OS/c1-6(14-2)9(13)12-8-3-7(10)4-11-5-8/h3-6H,1-2H3,(H,12,13)/t6-/m0/s1. The molecule has 1 N–H and O–H groups in total. The summed E-state index contributed by atoms with van der Waals surface area (Å²) >= 11 is 1.43. The fourth-order valence-corrected chi connectivity index (χ4v) is 1.10. The number of amides is 1. The van der Waals surface area contributed by atoms with Crippen LogP contribution >= 0.6 is 11.8 Å². The lowest BCUT2D eigenvalue weighted by molar-refractivity contribution is -0.115. The SMILES string of the molecule is CS[C@@H](C)C(=O)Nc1cncc(F)c1. The highest BCUT2D eigenvalue weighted by Crippen LogP contribution is 2.11. The van der Waals surface area contributed by atoms with Crippen LogP contribution in [0.2, 0.25) is 0 Å². The number of nitrogens with zero attached hydrogens (tertiary/aromatic N) is 1. The summed E-state index contributed by atoms with van der Waals surface area (Å²) in [4.78, 5) is 15.0. The van der Waals surface area contributed by atoms with Gasteiger partial charge in [-0.25, -0.2) is 4.39 Å². The van der Waals surface area contributed by atoms with Gasteiger partial charge in [-0.1, -0.05) is 0 Å². The number of hydrogen-bond acceptors (Lipinski definition) is 3. The third kappa shape index (κ3) is 2.99. The molecule has 0 unspecified atom stereocenters. The van der Waals surface area contributed by atoms with Crippen molar-refractivity contribution in [2.45, 2.75) is 12.2 Å². The van der Waals surface area contributed by atoms with E-state index >= 15 is 0 Å². The van der Waals surface area contributed by atoms with Gasteiger partial charge in [-0.3, -0.25) is 9.78 Å². The molecule has 5 heteroatoms. The Balaban J connectivity index is 2.65. The van der Waals surface area contributed by atoms with Crippen molar-refractivity contribution in [2.75, 3.05) is 11.6 Å². The molecule has 0 radical (unpaired) electrons. The Hall–Kier alpha value is -1.10. The molecule has 0 bridgehead atoms. The van der Waals surface area contributed by atoms with Gasteiger partial charge in [0.1, 0.15) is 5.82 Å². The molecule has 1 aromatic heterocycles. The molecule has 0 saturated heterocycles. The molecule has 76 valence electrons. The zero-order valence-corrected chi connectivity index (χ0v) is 8.77. The van der Waals surface area contributed by atoms with Gasteiger partial charge in [0.15, 0.2) is 0 Å². The minimum absolute atomic E-state index is 0.148. The zero-order chi connectivity index (χ0) is 10.6. The molecule has 14 heavy (non-hydrogen) atoms. The second-order valence-corrected chi connectivity index (χ2v) is 3.94. The van der Waals surface area contributed by atoms with Crippen LogP contribution in [0.15, 0.2) is 18.5 Å². The van der Waals surface area contributed by atoms with Crippen molar-refractivity contribution in [1.82, 2.24) is 4.98 Å². The van der Waals surface area contributed by atoms with E-state index in [0.717, 1.165) is 6.20 Å². The fourth-order valence-electron chi connectivity index (χ4n) is 0.831. The van der Waals surface area contributed by atoms with E-state index in [1.165, 1.54) is 24.0 Å². The molecule has 1 aromatic rings. The molecule has 1 heterocycles. The van der Waals surface area contributed by atoms with Crippen LogP contribution in [-0.2, 0) is 4.79 Å². The van der Waals surface area contributed by atoms with Crippen LogP contribution < -0.4 is 5.32 Å². The molecule has 1 rings (SSSR count). The fraction of sp³-hybridized carbons (Fsp3) is 0.333. The summed E-state index contributed by atoms with van der Waals surface area (Å²) in [5, 5.41) is 2.42. The van der Waals surface area contributed by atoms with Crippen molar-refractivity contribution in [3.8, 4) is 0 Å². The molecule has 1 atom stereocenters. The normalized spacial score (nSPS) is 12.2. The molecule has 0 aromatic carbocycles. The molecule has 0 aliphatic rings. The summed E-state index contributed by atoms with van der Waals surface area (Å²) in [6.07, 6.45) is 4.34. The summed E-state index contributed by atoms with van der Waals surface area (Å²) in [7, 11) is 0. The van der Waals surface area contributed by atoms with Crippen molar-refractivity contribution >= 4 is 23.4 Å². The molecule has 0 fully saturated rings. The Bertz CT molecular complexity index is 332. The monoisotopic (exact) mass is 214 g/mol. The Morgan fingerprint density at radius 2 is 2.36 bits per heavy atom. The third-order valence-corrected chi connectivity index (χ3v) is 2.62. The predicted octanol–water partition coefficient (Wildman–Crippen LogP) is 1.91. The second-order valence-electron chi connectivity index (χ2n) is 2.76. The number of nitrogens with one attached hydrogen (secondary N) is 1. The minimum Gasteiger partial charge on any atom is -0.324 e. The number of rotatable bonds is 3. The maximum absolute atomic E-state index is 12.7. The second kappa shape index (κ2) is 4.95. The molecule has 0 spiro atoms. The predicted molar refractivity (Wildman–Crippen MR) is 55.8 cm³/mol. The number of carbonyl (C=O) groups is 1. The number of hydrogen-bond donors (Lipinski definition) is 1. The Morgan fingerprint density at radius 3 is 2.93 bits per heavy atom. The molecule has 0 saturated carbocycles. The van der Waals surface area contributed by atoms with Crippen molar-refractivity contribution < 1.29 is 9.18 Å². The summed E-state index contributed by atoms with van der Waals surface area (Å²) < 4.78 is 12.7. The van der Waals surface area contributed by atoms with Gasteiger partial charge in [0, 0.05) is 6.07 Å². The van der Waals surface area contributed by atoms with E-state index < -0.39 is 5.82 Å². The van der Waals surface area contributed by atoms with Gasteiger partial charge >= 0.3 is 0 Å². The Kier molecular flexibility index (Phi) is 3.88. The first-order valence-electron chi connectivity index (χ1n) is 4.07. The Labute approximate surface area is 86.1 Å². The minimum atomic E-state index is -0.459. The maximum Gasteiger partial charge on any atom is 0.237 e. The number of thioether (sulfide) groups is 1. The van der Waals surface area contributed by atoms with E-state index in [4.69, 9.17) is 0 Å². The van der Waals surface area contributed by atoms with Crippen LogP contribution in [0.5, 0.6) is 0 Å². The van der Waals surface area contributed by atoms with Crippen LogP contribution in [0.25, 0.3) is 0 Å². The van der Waals surface area contributed by atoms with E-state index in [-0.39, 0.29) is 11.2 Å². The van der Waals surface area contributed by atoms with E-state index in [2.05, 4.69) is 10.3 Å². The number of aromatic nitrogens is 1. The van der Waals surface area contributed by atoms with Crippen molar-refractivity contribution in [3.63, 3.8) is 0 Å². The van der Waals surface area contributed by atoms with Crippen molar-refractivity contribution in [1.29, 1.82) is 0 Å². The average molecular weight is 214 g/mol. The maximum atomic E-state index is 12.7. The number of halogens is 1. The van der Waals surface area contributed by atoms with Gasteiger partial charge in [0.25, 0.3) is 0 Å². The smallest absolute Gasteiger partial charge is 0.237 e. The third-order valence-electron chi connectivity index (χ3n) is 1.70. The molecule has 0 aliphatic heterocycles. The van der Waals surface area contributed by atoms with Crippen LogP contribution in [0.4, 0.5) is 10.1 Å². The lowest BCUT2D eigenvalue weighted by atomic mass is 10.3. The highest BCUT2D eigenvalue weighted by molar-refractivity contribution is 7.99. The highest BCUT2D eigenvalue weighted by atomic mass is 32.2. The largest absolute Gasteiger partial charge is 0.324 e. The van der Waals surface area contributed by atoms with E-state index in [1.54, 1.807) is 6.92 Å². The first kappa shape index (κ1) is 11.0. The van der Waals surface area contributed by atoms with Gasteiger partial charge in [0.05, 0.1) is 23.3 Å². The molecule has 1 amide bonds. The number of pyridine rings is 1. The summed E-state index contributed by atoms with van der Waals surface area (Å²) in [5.74, 6) is -0.607. The highest BCUT2D eigenvalue weighted by Gasteiger charge is 2.11. The van der Waals surface area contributed by atoms with Gasteiger partial charge in [-0.2, -0.15) is 11.8 Å². The molecular weight excluding hydrogens is 203 g/mol. The van der Waals surface area contributed by atoms with Crippen LogP contribution in [0.1, 0.15) is 6.92 Å². The van der Waals surface area contributed by atoms with Crippen molar-refractivity contribution in [2.24, 2.45) is 0 Å². The lowest BCUT2D eigenvalue weighted by Gasteiger charge is -2.08. The van der Waals surface area contributed by atoms with E-state index in [0.29, 0.717) is 5.69 Å². The van der Waals surface area contributed by atoms with Gasteiger partial charge in [-0.15, -0.1) is 0 Å². The average Bonchev–Trinajstić information content (AvgIpc) is 2.16. The zero-order valence-electron chi connectivity index (χ0n) is 7.95. The van der Waals surface area contributed by atoms with Crippen LogP contribution in [-0.4, -0.2) is 22.4 Å². The molecule has 0 aliphatic carbocycles. The first-order valence-corrected chi connectivity index (χ1v) is 5.36. The van der Waals surface area contributed by atoms with Crippen LogP contribution in [0.3, 0.4) is 0 Å². The van der Waals surface area contributed by atoms with E-state index in [1.807, 2.05) is 6.26 Å².